The minimum Gasteiger partial charge on any atom is -0.452 e. The van der Waals surface area contributed by atoms with Crippen LogP contribution < -0.4 is 10.5 Å². The average molecular weight is 312 g/mol. The number of hydrogen-bond acceptors (Lipinski definition) is 4. The Balaban J connectivity index is 2.36. The van der Waals surface area contributed by atoms with Gasteiger partial charge in [0.05, 0.1) is 11.2 Å². The molecule has 4 nitrogen and oxygen atoms in total. The minimum absolute atomic E-state index is 0.226. The van der Waals surface area contributed by atoms with Crippen LogP contribution in [0, 0.1) is 0 Å². The van der Waals surface area contributed by atoms with Crippen molar-refractivity contribution in [2.45, 2.75) is 26.3 Å². The molecule has 0 atom stereocenters. The van der Waals surface area contributed by atoms with E-state index in [9.17, 15) is 0 Å². The van der Waals surface area contributed by atoms with Gasteiger partial charge in [-0.05, 0) is 12.1 Å². The summed E-state index contributed by atoms with van der Waals surface area (Å²) < 4.78 is 5.73. The lowest BCUT2D eigenvalue weighted by molar-refractivity contribution is 0.467. The Hall–Kier alpha value is -1.36. The number of aromatic nitrogens is 2. The third-order valence-electron chi connectivity index (χ3n) is 2.69. The molecule has 0 saturated heterocycles. The van der Waals surface area contributed by atoms with Gasteiger partial charge in [-0.25, -0.2) is 9.97 Å². The Labute approximate surface area is 127 Å². The quantitative estimate of drug-likeness (QED) is 0.921. The van der Waals surface area contributed by atoms with Crippen LogP contribution in [0.1, 0.15) is 31.3 Å². The third-order valence-corrected chi connectivity index (χ3v) is 3.50. The van der Waals surface area contributed by atoms with E-state index in [0.29, 0.717) is 27.2 Å². The Bertz CT molecular complexity index is 617. The van der Waals surface area contributed by atoms with Gasteiger partial charge in [-0.1, -0.05) is 43.1 Å². The van der Waals surface area contributed by atoms with Crippen LogP contribution >= 0.6 is 23.2 Å². The molecule has 0 radical (unpaired) electrons. The van der Waals surface area contributed by atoms with Crippen molar-refractivity contribution in [2.24, 2.45) is 5.73 Å². The number of nitrogens with zero attached hydrogens (tertiary/aromatic N) is 2. The number of ether oxygens (including phenoxy) is 1. The SMILES string of the molecule is CC(C)c1ncc(Oc2cccc(Cl)c2Cl)c(CN)n1. The first-order valence-corrected chi connectivity index (χ1v) is 6.96. The summed E-state index contributed by atoms with van der Waals surface area (Å²) in [5.74, 6) is 1.90. The molecule has 2 aromatic rings. The van der Waals surface area contributed by atoms with Gasteiger partial charge in [0.1, 0.15) is 22.3 Å². The molecule has 0 bridgehead atoms. The smallest absolute Gasteiger partial charge is 0.168 e. The van der Waals surface area contributed by atoms with Gasteiger partial charge in [0.2, 0.25) is 0 Å². The molecule has 2 rings (SSSR count). The zero-order valence-corrected chi connectivity index (χ0v) is 12.7. The minimum atomic E-state index is 0.226. The first-order valence-electron chi connectivity index (χ1n) is 6.20. The maximum atomic E-state index is 6.09. The molecule has 1 aromatic carbocycles. The Kier molecular flexibility index (Phi) is 4.81. The van der Waals surface area contributed by atoms with Gasteiger partial charge in [0, 0.05) is 12.5 Å². The van der Waals surface area contributed by atoms with E-state index in [1.165, 1.54) is 0 Å². The van der Waals surface area contributed by atoms with E-state index >= 15 is 0 Å². The van der Waals surface area contributed by atoms with E-state index < -0.39 is 0 Å². The summed E-state index contributed by atoms with van der Waals surface area (Å²) in [6.07, 6.45) is 1.61. The van der Waals surface area contributed by atoms with Crippen molar-refractivity contribution < 1.29 is 4.74 Å². The van der Waals surface area contributed by atoms with E-state index in [0.717, 1.165) is 5.82 Å². The highest BCUT2D eigenvalue weighted by Gasteiger charge is 2.13. The molecule has 1 heterocycles. The molecule has 0 aliphatic heterocycles. The van der Waals surface area contributed by atoms with Crippen LogP contribution in [-0.4, -0.2) is 9.97 Å². The van der Waals surface area contributed by atoms with Gasteiger partial charge in [-0.2, -0.15) is 0 Å². The first-order chi connectivity index (χ1) is 9.52. The normalized spacial score (nSPS) is 10.9. The van der Waals surface area contributed by atoms with Crippen molar-refractivity contribution in [2.75, 3.05) is 0 Å². The molecular weight excluding hydrogens is 297 g/mol. The fraction of sp³-hybridized carbons (Fsp3) is 0.286. The van der Waals surface area contributed by atoms with Gasteiger partial charge in [0.25, 0.3) is 0 Å². The molecule has 0 unspecified atom stereocenters. The molecule has 1 aromatic heterocycles. The third kappa shape index (κ3) is 3.20. The van der Waals surface area contributed by atoms with Gasteiger partial charge in [0.15, 0.2) is 5.75 Å². The van der Waals surface area contributed by atoms with Crippen LogP contribution in [0.5, 0.6) is 11.5 Å². The second-order valence-corrected chi connectivity index (χ2v) is 5.34. The standard InChI is InChI=1S/C14H15Cl2N3O/c1-8(2)14-18-7-12(10(6-17)19-14)20-11-5-3-4-9(15)13(11)16/h3-5,7-8H,6,17H2,1-2H3. The van der Waals surface area contributed by atoms with E-state index in [1.54, 1.807) is 24.4 Å². The van der Waals surface area contributed by atoms with Gasteiger partial charge < -0.3 is 10.5 Å². The maximum absolute atomic E-state index is 6.09. The molecule has 0 amide bonds. The predicted octanol–water partition coefficient (Wildman–Crippen LogP) is 4.16. The van der Waals surface area contributed by atoms with E-state index in [-0.39, 0.29) is 12.5 Å². The van der Waals surface area contributed by atoms with Crippen molar-refractivity contribution in [3.63, 3.8) is 0 Å². The highest BCUT2D eigenvalue weighted by molar-refractivity contribution is 6.42. The zero-order valence-electron chi connectivity index (χ0n) is 11.2. The van der Waals surface area contributed by atoms with Gasteiger partial charge in [-0.3, -0.25) is 0 Å². The van der Waals surface area contributed by atoms with Crippen molar-refractivity contribution in [1.82, 2.24) is 9.97 Å². The summed E-state index contributed by atoms with van der Waals surface area (Å²) in [6, 6.07) is 5.18. The summed E-state index contributed by atoms with van der Waals surface area (Å²) >= 11 is 12.0. The number of halogens is 2. The number of nitrogens with two attached hydrogens (primary N) is 1. The van der Waals surface area contributed by atoms with Crippen molar-refractivity contribution >= 4 is 23.2 Å². The number of rotatable bonds is 4. The van der Waals surface area contributed by atoms with E-state index in [2.05, 4.69) is 9.97 Å². The molecule has 0 aliphatic carbocycles. The summed E-state index contributed by atoms with van der Waals surface area (Å²) in [4.78, 5) is 8.67. The molecule has 20 heavy (non-hydrogen) atoms. The number of benzene rings is 1. The Morgan fingerprint density at radius 2 is 2.00 bits per heavy atom. The molecule has 2 N–H and O–H groups in total. The zero-order chi connectivity index (χ0) is 14.7. The largest absolute Gasteiger partial charge is 0.452 e. The number of hydrogen-bond donors (Lipinski definition) is 1. The second kappa shape index (κ2) is 6.39. The van der Waals surface area contributed by atoms with Gasteiger partial charge >= 0.3 is 0 Å². The average Bonchev–Trinajstić information content (AvgIpc) is 2.44. The molecule has 0 spiro atoms. The molecule has 0 aliphatic rings. The highest BCUT2D eigenvalue weighted by atomic mass is 35.5. The molecular formula is C14H15Cl2N3O. The molecule has 106 valence electrons. The lowest BCUT2D eigenvalue weighted by Gasteiger charge is -2.12. The van der Waals surface area contributed by atoms with E-state index in [4.69, 9.17) is 33.7 Å². The fourth-order valence-corrected chi connectivity index (χ4v) is 1.94. The molecule has 6 heteroatoms. The molecule has 0 saturated carbocycles. The topological polar surface area (TPSA) is 61.0 Å². The van der Waals surface area contributed by atoms with Crippen LogP contribution in [0.2, 0.25) is 10.0 Å². The van der Waals surface area contributed by atoms with Crippen LogP contribution in [0.25, 0.3) is 0 Å². The summed E-state index contributed by atoms with van der Waals surface area (Å²) in [6.45, 7) is 4.30. The fourth-order valence-electron chi connectivity index (χ4n) is 1.61. The Morgan fingerprint density at radius 3 is 2.65 bits per heavy atom. The summed E-state index contributed by atoms with van der Waals surface area (Å²) in [5, 5.41) is 0.781. The monoisotopic (exact) mass is 311 g/mol. The second-order valence-electron chi connectivity index (χ2n) is 4.55. The van der Waals surface area contributed by atoms with Crippen LogP contribution in [0.4, 0.5) is 0 Å². The van der Waals surface area contributed by atoms with Crippen LogP contribution in [0.15, 0.2) is 24.4 Å². The van der Waals surface area contributed by atoms with Crippen LogP contribution in [-0.2, 0) is 6.54 Å². The van der Waals surface area contributed by atoms with E-state index in [1.807, 2.05) is 13.8 Å². The molecule has 0 fully saturated rings. The maximum Gasteiger partial charge on any atom is 0.168 e. The first kappa shape index (κ1) is 15.0. The van der Waals surface area contributed by atoms with Crippen molar-refractivity contribution in [3.8, 4) is 11.5 Å². The van der Waals surface area contributed by atoms with Gasteiger partial charge in [-0.15, -0.1) is 0 Å². The Morgan fingerprint density at radius 1 is 1.25 bits per heavy atom. The summed E-state index contributed by atoms with van der Waals surface area (Å²) in [7, 11) is 0. The summed E-state index contributed by atoms with van der Waals surface area (Å²) in [5.41, 5.74) is 6.35. The van der Waals surface area contributed by atoms with Crippen molar-refractivity contribution in [1.29, 1.82) is 0 Å². The lowest BCUT2D eigenvalue weighted by Crippen LogP contribution is -2.07. The van der Waals surface area contributed by atoms with Crippen molar-refractivity contribution in [3.05, 3.63) is 46.0 Å². The highest BCUT2D eigenvalue weighted by Crippen LogP contribution is 2.35. The van der Waals surface area contributed by atoms with Crippen LogP contribution in [0.3, 0.4) is 0 Å². The predicted molar refractivity (Wildman–Crippen MR) is 80.5 cm³/mol. The lowest BCUT2D eigenvalue weighted by atomic mass is 10.2.